The van der Waals surface area contributed by atoms with Gasteiger partial charge in [0.1, 0.15) is 18.7 Å². The summed E-state index contributed by atoms with van der Waals surface area (Å²) in [5.74, 6) is 1.66. The molecule has 1 aromatic carbocycles. The van der Waals surface area contributed by atoms with Crippen molar-refractivity contribution in [2.24, 2.45) is 7.05 Å². The lowest BCUT2D eigenvalue weighted by molar-refractivity contribution is 0.287. The minimum atomic E-state index is 0.412. The normalized spacial score (nSPS) is 10.6. The fraction of sp³-hybridized carbons (Fsp3) is 0.333. The van der Waals surface area contributed by atoms with Gasteiger partial charge in [-0.2, -0.15) is 0 Å². The zero-order valence-electron chi connectivity index (χ0n) is 10.4. The van der Waals surface area contributed by atoms with Gasteiger partial charge in [0.2, 0.25) is 0 Å². The molecule has 0 aliphatic carbocycles. The molecule has 18 heavy (non-hydrogen) atoms. The van der Waals surface area contributed by atoms with E-state index in [1.165, 1.54) is 0 Å². The van der Waals surface area contributed by atoms with Crippen LogP contribution in [0.4, 0.5) is 0 Å². The fourth-order valence-corrected chi connectivity index (χ4v) is 2.01. The molecule has 0 amide bonds. The van der Waals surface area contributed by atoms with Crippen molar-refractivity contribution >= 4 is 15.9 Å². The van der Waals surface area contributed by atoms with Crippen molar-refractivity contribution in [3.8, 4) is 5.75 Å². The van der Waals surface area contributed by atoms with Crippen LogP contribution in [0.25, 0.3) is 0 Å². The van der Waals surface area contributed by atoms with Crippen molar-refractivity contribution in [1.82, 2.24) is 20.1 Å². The first-order chi connectivity index (χ1) is 8.70. The maximum atomic E-state index is 5.79. The molecule has 2 rings (SSSR count). The molecular weight excluding hydrogens is 296 g/mol. The average Bonchev–Trinajstić information content (AvgIpc) is 2.74. The number of rotatable bonds is 5. The molecule has 1 heterocycles. The van der Waals surface area contributed by atoms with Gasteiger partial charge in [0, 0.05) is 23.6 Å². The molecule has 2 aromatic rings. The van der Waals surface area contributed by atoms with Crippen LogP contribution in [-0.2, 0) is 20.2 Å². The summed E-state index contributed by atoms with van der Waals surface area (Å²) < 4.78 is 8.67. The predicted molar refractivity (Wildman–Crippen MR) is 72.2 cm³/mol. The maximum absolute atomic E-state index is 5.79. The maximum Gasteiger partial charge on any atom is 0.170 e. The third kappa shape index (κ3) is 3.08. The highest BCUT2D eigenvalue weighted by atomic mass is 79.9. The van der Waals surface area contributed by atoms with Crippen molar-refractivity contribution in [3.05, 3.63) is 40.4 Å². The van der Waals surface area contributed by atoms with Gasteiger partial charge in [0.25, 0.3) is 0 Å². The van der Waals surface area contributed by atoms with Crippen LogP contribution in [-0.4, -0.2) is 21.8 Å². The number of aryl methyl sites for hydroxylation is 1. The summed E-state index contributed by atoms with van der Waals surface area (Å²) >= 11 is 3.46. The lowest BCUT2D eigenvalue weighted by Crippen LogP contribution is -2.09. The van der Waals surface area contributed by atoms with Gasteiger partial charge < -0.3 is 14.6 Å². The van der Waals surface area contributed by atoms with Crippen LogP contribution in [0.15, 0.2) is 29.0 Å². The molecule has 0 saturated carbocycles. The Morgan fingerprint density at radius 1 is 1.44 bits per heavy atom. The van der Waals surface area contributed by atoms with E-state index in [-0.39, 0.29) is 0 Å². The van der Waals surface area contributed by atoms with Crippen LogP contribution >= 0.6 is 15.9 Å². The van der Waals surface area contributed by atoms with Crippen LogP contribution in [0.5, 0.6) is 5.75 Å². The minimum absolute atomic E-state index is 0.412. The van der Waals surface area contributed by atoms with Crippen molar-refractivity contribution in [1.29, 1.82) is 0 Å². The van der Waals surface area contributed by atoms with E-state index in [2.05, 4.69) is 31.4 Å². The van der Waals surface area contributed by atoms with E-state index in [1.807, 2.05) is 36.9 Å². The summed E-state index contributed by atoms with van der Waals surface area (Å²) in [6.07, 6.45) is 1.66. The topological polar surface area (TPSA) is 52.0 Å². The standard InChI is InChI=1S/C12H15BrN4O/c1-14-6-9-5-10(13)3-4-11(9)18-7-12-16-15-8-17(12)2/h3-5,8,14H,6-7H2,1-2H3. The fourth-order valence-electron chi connectivity index (χ4n) is 1.60. The Hall–Kier alpha value is -1.40. The van der Waals surface area contributed by atoms with Crippen LogP contribution in [0, 0.1) is 0 Å². The monoisotopic (exact) mass is 310 g/mol. The van der Waals surface area contributed by atoms with Gasteiger partial charge in [-0.1, -0.05) is 15.9 Å². The highest BCUT2D eigenvalue weighted by molar-refractivity contribution is 9.10. The second-order valence-corrected chi connectivity index (χ2v) is 4.84. The number of ether oxygens (including phenoxy) is 1. The minimum Gasteiger partial charge on any atom is -0.485 e. The zero-order valence-corrected chi connectivity index (χ0v) is 11.9. The largest absolute Gasteiger partial charge is 0.485 e. The number of aromatic nitrogens is 3. The molecule has 0 unspecified atom stereocenters. The highest BCUT2D eigenvalue weighted by Gasteiger charge is 2.06. The Labute approximate surface area is 114 Å². The van der Waals surface area contributed by atoms with Crippen LogP contribution in [0.1, 0.15) is 11.4 Å². The summed E-state index contributed by atoms with van der Waals surface area (Å²) in [6.45, 7) is 1.17. The molecular formula is C12H15BrN4O. The number of benzene rings is 1. The highest BCUT2D eigenvalue weighted by Crippen LogP contribution is 2.23. The van der Waals surface area contributed by atoms with Gasteiger partial charge in [-0.25, -0.2) is 0 Å². The van der Waals surface area contributed by atoms with Gasteiger partial charge in [-0.15, -0.1) is 10.2 Å². The van der Waals surface area contributed by atoms with Crippen molar-refractivity contribution in [3.63, 3.8) is 0 Å². The number of hydrogen-bond donors (Lipinski definition) is 1. The number of nitrogens with one attached hydrogen (secondary N) is 1. The predicted octanol–water partition coefficient (Wildman–Crippen LogP) is 1.88. The first kappa shape index (κ1) is 13.0. The zero-order chi connectivity index (χ0) is 13.0. The quantitative estimate of drug-likeness (QED) is 0.916. The molecule has 0 aliphatic heterocycles. The van der Waals surface area contributed by atoms with Crippen LogP contribution in [0.2, 0.25) is 0 Å². The Kier molecular flexibility index (Phi) is 4.33. The van der Waals surface area contributed by atoms with Gasteiger partial charge in [-0.05, 0) is 25.2 Å². The van der Waals surface area contributed by atoms with Crippen LogP contribution in [0.3, 0.4) is 0 Å². The average molecular weight is 311 g/mol. The van der Waals surface area contributed by atoms with E-state index in [0.717, 1.165) is 28.2 Å². The smallest absolute Gasteiger partial charge is 0.170 e. The van der Waals surface area contributed by atoms with E-state index in [1.54, 1.807) is 6.33 Å². The molecule has 0 atom stereocenters. The molecule has 0 spiro atoms. The second kappa shape index (κ2) is 5.97. The van der Waals surface area contributed by atoms with Crippen LogP contribution < -0.4 is 10.1 Å². The van der Waals surface area contributed by atoms with Gasteiger partial charge >= 0.3 is 0 Å². The summed E-state index contributed by atoms with van der Waals surface area (Å²) in [5, 5.41) is 10.9. The molecule has 0 aliphatic rings. The molecule has 0 radical (unpaired) electrons. The first-order valence-corrected chi connectivity index (χ1v) is 6.38. The Morgan fingerprint density at radius 3 is 2.94 bits per heavy atom. The van der Waals surface area contributed by atoms with E-state index < -0.39 is 0 Å². The van der Waals surface area contributed by atoms with Gasteiger partial charge in [-0.3, -0.25) is 0 Å². The third-order valence-corrected chi connectivity index (χ3v) is 3.04. The number of hydrogen-bond acceptors (Lipinski definition) is 4. The Balaban J connectivity index is 2.11. The van der Waals surface area contributed by atoms with E-state index in [0.29, 0.717) is 6.61 Å². The molecule has 1 N–H and O–H groups in total. The summed E-state index contributed by atoms with van der Waals surface area (Å²) in [7, 11) is 3.81. The van der Waals surface area contributed by atoms with E-state index in [9.17, 15) is 0 Å². The van der Waals surface area contributed by atoms with E-state index in [4.69, 9.17) is 4.74 Å². The summed E-state index contributed by atoms with van der Waals surface area (Å²) in [5.41, 5.74) is 1.11. The Bertz CT molecular complexity index is 527. The van der Waals surface area contributed by atoms with Crippen molar-refractivity contribution in [2.75, 3.05) is 7.05 Å². The molecule has 6 heteroatoms. The third-order valence-electron chi connectivity index (χ3n) is 2.55. The molecule has 0 saturated heterocycles. The molecule has 1 aromatic heterocycles. The van der Waals surface area contributed by atoms with E-state index >= 15 is 0 Å². The second-order valence-electron chi connectivity index (χ2n) is 3.93. The van der Waals surface area contributed by atoms with Gasteiger partial charge in [0.05, 0.1) is 0 Å². The lowest BCUT2D eigenvalue weighted by atomic mass is 10.2. The van der Waals surface area contributed by atoms with Crippen molar-refractivity contribution in [2.45, 2.75) is 13.2 Å². The molecule has 96 valence electrons. The first-order valence-electron chi connectivity index (χ1n) is 5.59. The molecule has 5 nitrogen and oxygen atoms in total. The summed E-state index contributed by atoms with van der Waals surface area (Å²) in [4.78, 5) is 0. The Morgan fingerprint density at radius 2 is 2.28 bits per heavy atom. The lowest BCUT2D eigenvalue weighted by Gasteiger charge is -2.11. The van der Waals surface area contributed by atoms with Gasteiger partial charge in [0.15, 0.2) is 5.82 Å². The number of nitrogens with zero attached hydrogens (tertiary/aromatic N) is 3. The summed E-state index contributed by atoms with van der Waals surface area (Å²) in [6, 6.07) is 5.96. The number of halogens is 1. The van der Waals surface area contributed by atoms with Crippen molar-refractivity contribution < 1.29 is 4.74 Å². The molecule has 0 bridgehead atoms. The SMILES string of the molecule is CNCc1cc(Br)ccc1OCc1nncn1C. The molecule has 0 fully saturated rings.